The van der Waals surface area contributed by atoms with Crippen LogP contribution in [0.15, 0.2) is 18.3 Å². The Morgan fingerprint density at radius 3 is 3.09 bits per heavy atom. The molecule has 0 radical (unpaired) electrons. The topological polar surface area (TPSA) is 93.0 Å². The lowest BCUT2D eigenvalue weighted by molar-refractivity contribution is -0.120. The van der Waals surface area contributed by atoms with Gasteiger partial charge in [0, 0.05) is 23.4 Å². The van der Waals surface area contributed by atoms with E-state index in [0.717, 1.165) is 47.9 Å². The number of nitrogens with zero attached hydrogens (tertiary/aromatic N) is 1. The predicted molar refractivity (Wildman–Crippen MR) is 91.9 cm³/mol. The quantitative estimate of drug-likeness (QED) is 0.795. The fourth-order valence-corrected chi connectivity index (χ4v) is 3.12. The molecule has 0 spiro atoms. The first-order chi connectivity index (χ1) is 10.7. The van der Waals surface area contributed by atoms with Crippen LogP contribution in [0, 0.1) is 6.92 Å². The van der Waals surface area contributed by atoms with Crippen molar-refractivity contribution >= 4 is 29.2 Å². The van der Waals surface area contributed by atoms with Crippen LogP contribution in [0.3, 0.4) is 0 Å². The smallest absolute Gasteiger partial charge is 0.233 e. The molecule has 1 aromatic carbocycles. The third-order valence-corrected chi connectivity index (χ3v) is 4.31. The van der Waals surface area contributed by atoms with Gasteiger partial charge >= 0.3 is 0 Å². The van der Waals surface area contributed by atoms with Gasteiger partial charge in [-0.2, -0.15) is 5.10 Å². The van der Waals surface area contributed by atoms with E-state index in [2.05, 4.69) is 15.5 Å². The van der Waals surface area contributed by atoms with Gasteiger partial charge in [0.15, 0.2) is 0 Å². The van der Waals surface area contributed by atoms with Crippen molar-refractivity contribution in [1.82, 2.24) is 15.5 Å². The number of fused-ring (bicyclic) bond motifs is 1. The number of nitrogens with two attached hydrogens (primary N) is 1. The van der Waals surface area contributed by atoms with E-state index in [1.54, 1.807) is 0 Å². The zero-order valence-corrected chi connectivity index (χ0v) is 14.0. The normalized spacial score (nSPS) is 20.8. The van der Waals surface area contributed by atoms with Gasteiger partial charge in [-0.05, 0) is 38.3 Å². The number of rotatable bonds is 4. The molecular weight excluding hydrogens is 316 g/mol. The first-order valence-electron chi connectivity index (χ1n) is 7.76. The first kappa shape index (κ1) is 17.6. The van der Waals surface area contributed by atoms with Gasteiger partial charge in [0.2, 0.25) is 5.91 Å². The highest BCUT2D eigenvalue weighted by Crippen LogP contribution is 2.29. The molecule has 1 aliphatic rings. The number of carbonyl (C=O) groups is 1. The number of halogens is 1. The molecule has 1 aliphatic carbocycles. The summed E-state index contributed by atoms with van der Waals surface area (Å²) in [6, 6.07) is 4.13. The van der Waals surface area contributed by atoms with Crippen LogP contribution in [0.4, 0.5) is 0 Å². The number of H-pyrrole nitrogens is 1. The van der Waals surface area contributed by atoms with Crippen LogP contribution in [-0.2, 0) is 4.79 Å². The van der Waals surface area contributed by atoms with E-state index in [1.165, 1.54) is 0 Å². The average Bonchev–Trinajstić information content (AvgIpc) is 3.00. The molecule has 23 heavy (non-hydrogen) atoms. The van der Waals surface area contributed by atoms with Gasteiger partial charge in [0.05, 0.1) is 18.3 Å². The summed E-state index contributed by atoms with van der Waals surface area (Å²) in [5, 5.41) is 11.1. The molecule has 1 saturated carbocycles. The van der Waals surface area contributed by atoms with Gasteiger partial charge in [-0.15, -0.1) is 12.4 Å². The number of aromatic amines is 1. The summed E-state index contributed by atoms with van der Waals surface area (Å²) in [6.45, 7) is 2.09. The van der Waals surface area contributed by atoms with E-state index >= 15 is 0 Å². The Balaban J connectivity index is 0.00000192. The lowest BCUT2D eigenvalue weighted by Crippen LogP contribution is -2.43. The Kier molecular flexibility index (Phi) is 5.85. The molecule has 1 aromatic heterocycles. The number of amides is 1. The van der Waals surface area contributed by atoms with Crippen LogP contribution in [0.2, 0.25) is 0 Å². The van der Waals surface area contributed by atoms with Gasteiger partial charge in [0.25, 0.3) is 0 Å². The second kappa shape index (κ2) is 7.66. The van der Waals surface area contributed by atoms with Crippen molar-refractivity contribution in [1.29, 1.82) is 0 Å². The Hall–Kier alpha value is -1.79. The molecule has 126 valence electrons. The minimum Gasteiger partial charge on any atom is -0.490 e. The zero-order valence-electron chi connectivity index (χ0n) is 13.2. The summed E-state index contributed by atoms with van der Waals surface area (Å²) in [4.78, 5) is 11.4. The second-order valence-corrected chi connectivity index (χ2v) is 5.89. The molecule has 1 heterocycles. The largest absolute Gasteiger partial charge is 0.490 e. The number of benzene rings is 1. The fraction of sp³-hybridized carbons (Fsp3) is 0.500. The monoisotopic (exact) mass is 338 g/mol. The molecule has 7 heteroatoms. The molecule has 2 atom stereocenters. The molecule has 1 fully saturated rings. The zero-order chi connectivity index (χ0) is 15.5. The van der Waals surface area contributed by atoms with Gasteiger partial charge in [-0.1, -0.05) is 0 Å². The highest BCUT2D eigenvalue weighted by molar-refractivity contribution is 5.85. The number of hydrogen-bond acceptors (Lipinski definition) is 4. The van der Waals surface area contributed by atoms with Crippen LogP contribution in [0.5, 0.6) is 5.75 Å². The minimum absolute atomic E-state index is 0. The van der Waals surface area contributed by atoms with Gasteiger partial charge < -0.3 is 15.8 Å². The van der Waals surface area contributed by atoms with Crippen molar-refractivity contribution in [3.63, 3.8) is 0 Å². The van der Waals surface area contributed by atoms with E-state index in [-0.39, 0.29) is 37.0 Å². The number of ether oxygens (including phenoxy) is 1. The fourth-order valence-electron chi connectivity index (χ4n) is 3.12. The maximum Gasteiger partial charge on any atom is 0.233 e. The van der Waals surface area contributed by atoms with Crippen molar-refractivity contribution in [2.75, 3.05) is 6.54 Å². The standard InChI is InChI=1S/C16H22N4O2.ClH/c1-10-13-9-18-20-14(13)5-6-15(10)22-12-4-2-3-11(7-12)19-16(21)8-17;/h5-6,9,11-12H,2-4,7-8,17H2,1H3,(H,18,20)(H,19,21);1H/t11-,12+;/m0./s1. The Bertz CT molecular complexity index is 673. The lowest BCUT2D eigenvalue weighted by atomic mass is 9.92. The predicted octanol–water partition coefficient (Wildman–Crippen LogP) is 2.06. The molecule has 1 amide bonds. The summed E-state index contributed by atoms with van der Waals surface area (Å²) in [6.07, 6.45) is 5.83. The summed E-state index contributed by atoms with van der Waals surface area (Å²) in [5.74, 6) is 0.798. The van der Waals surface area contributed by atoms with E-state index in [4.69, 9.17) is 10.5 Å². The van der Waals surface area contributed by atoms with Crippen LogP contribution in [0.1, 0.15) is 31.2 Å². The molecule has 4 N–H and O–H groups in total. The third-order valence-electron chi connectivity index (χ3n) is 4.31. The van der Waals surface area contributed by atoms with E-state index in [0.29, 0.717) is 0 Å². The van der Waals surface area contributed by atoms with Crippen molar-refractivity contribution < 1.29 is 9.53 Å². The molecule has 6 nitrogen and oxygen atoms in total. The van der Waals surface area contributed by atoms with Crippen LogP contribution in [0.25, 0.3) is 10.9 Å². The SMILES string of the molecule is Cc1c(O[C@@H]2CCC[C@H](NC(=O)CN)C2)ccc2[nH]ncc12.Cl. The maximum absolute atomic E-state index is 11.4. The highest BCUT2D eigenvalue weighted by atomic mass is 35.5. The third kappa shape index (κ3) is 3.95. The van der Waals surface area contributed by atoms with Gasteiger partial charge in [0.1, 0.15) is 11.9 Å². The first-order valence-corrected chi connectivity index (χ1v) is 7.76. The summed E-state index contributed by atoms with van der Waals surface area (Å²) >= 11 is 0. The summed E-state index contributed by atoms with van der Waals surface area (Å²) in [5.41, 5.74) is 7.47. The van der Waals surface area contributed by atoms with E-state index in [9.17, 15) is 4.79 Å². The Morgan fingerprint density at radius 2 is 2.30 bits per heavy atom. The lowest BCUT2D eigenvalue weighted by Gasteiger charge is -2.30. The molecule has 0 bridgehead atoms. The van der Waals surface area contributed by atoms with Gasteiger partial charge in [-0.3, -0.25) is 9.89 Å². The second-order valence-electron chi connectivity index (χ2n) is 5.89. The molecule has 2 aromatic rings. The summed E-state index contributed by atoms with van der Waals surface area (Å²) < 4.78 is 6.18. The number of carbonyl (C=O) groups excluding carboxylic acids is 1. The average molecular weight is 339 g/mol. The van der Waals surface area contributed by atoms with E-state index < -0.39 is 0 Å². The van der Waals surface area contributed by atoms with E-state index in [1.807, 2.05) is 25.3 Å². The molecular formula is C16H23ClN4O2. The maximum atomic E-state index is 11.4. The number of hydrogen-bond donors (Lipinski definition) is 3. The number of aryl methyl sites for hydroxylation is 1. The molecule has 3 rings (SSSR count). The molecule has 0 unspecified atom stereocenters. The number of nitrogens with one attached hydrogen (secondary N) is 2. The Labute approximate surface area is 141 Å². The Morgan fingerprint density at radius 1 is 1.48 bits per heavy atom. The van der Waals surface area contributed by atoms with Crippen molar-refractivity contribution in [3.05, 3.63) is 23.9 Å². The van der Waals surface area contributed by atoms with Crippen molar-refractivity contribution in [2.45, 2.75) is 44.8 Å². The minimum atomic E-state index is -0.0957. The molecule has 0 saturated heterocycles. The van der Waals surface area contributed by atoms with Gasteiger partial charge in [-0.25, -0.2) is 0 Å². The van der Waals surface area contributed by atoms with Crippen molar-refractivity contribution in [3.8, 4) is 5.75 Å². The number of aromatic nitrogens is 2. The summed E-state index contributed by atoms with van der Waals surface area (Å²) in [7, 11) is 0. The van der Waals surface area contributed by atoms with Crippen molar-refractivity contribution in [2.24, 2.45) is 5.73 Å². The van der Waals surface area contributed by atoms with Crippen LogP contribution < -0.4 is 15.8 Å². The van der Waals surface area contributed by atoms with Crippen LogP contribution >= 0.6 is 12.4 Å². The highest BCUT2D eigenvalue weighted by Gasteiger charge is 2.24. The molecule has 0 aliphatic heterocycles. The van der Waals surface area contributed by atoms with Crippen LogP contribution in [-0.4, -0.2) is 34.8 Å².